The highest BCUT2D eigenvalue weighted by Crippen LogP contribution is 2.26. The summed E-state index contributed by atoms with van der Waals surface area (Å²) >= 11 is 0. The normalized spacial score (nSPS) is 21.2. The molecule has 0 bridgehead atoms. The molecular weight excluding hydrogens is 321 g/mol. The van der Waals surface area contributed by atoms with Crippen LogP contribution in [0.4, 0.5) is 4.39 Å². The lowest BCUT2D eigenvalue weighted by atomic mass is 9.81. The Labute approximate surface area is 145 Å². The van der Waals surface area contributed by atoms with E-state index in [1.807, 2.05) is 6.92 Å². The summed E-state index contributed by atoms with van der Waals surface area (Å²) in [5, 5.41) is 0. The minimum atomic E-state index is -0.324. The Balaban J connectivity index is 1.60. The SMILES string of the molecule is CC1CN(Cc2ncc[nH]c2=O)CCC1C(=O)Cc1ccccc1F. The van der Waals surface area contributed by atoms with E-state index in [1.165, 1.54) is 12.3 Å². The monoisotopic (exact) mass is 343 g/mol. The fraction of sp³-hybridized carbons (Fsp3) is 0.421. The highest BCUT2D eigenvalue weighted by molar-refractivity contribution is 5.83. The van der Waals surface area contributed by atoms with Gasteiger partial charge in [0.05, 0.1) is 0 Å². The van der Waals surface area contributed by atoms with Crippen LogP contribution >= 0.6 is 0 Å². The zero-order chi connectivity index (χ0) is 17.8. The predicted molar refractivity (Wildman–Crippen MR) is 92.5 cm³/mol. The summed E-state index contributed by atoms with van der Waals surface area (Å²) in [6, 6.07) is 6.44. The van der Waals surface area contributed by atoms with Gasteiger partial charge in [0.2, 0.25) is 0 Å². The van der Waals surface area contributed by atoms with Crippen molar-refractivity contribution in [3.63, 3.8) is 0 Å². The Morgan fingerprint density at radius 2 is 2.20 bits per heavy atom. The van der Waals surface area contributed by atoms with Crippen molar-refractivity contribution in [3.8, 4) is 0 Å². The summed E-state index contributed by atoms with van der Waals surface area (Å²) in [6.07, 6.45) is 3.95. The van der Waals surface area contributed by atoms with E-state index in [0.29, 0.717) is 17.8 Å². The number of benzene rings is 1. The van der Waals surface area contributed by atoms with Gasteiger partial charge in [0, 0.05) is 37.8 Å². The van der Waals surface area contributed by atoms with Gasteiger partial charge in [-0.2, -0.15) is 0 Å². The number of carbonyl (C=O) groups excluding carboxylic acids is 1. The van der Waals surface area contributed by atoms with Gasteiger partial charge in [-0.1, -0.05) is 25.1 Å². The number of hydrogen-bond acceptors (Lipinski definition) is 4. The third kappa shape index (κ3) is 4.20. The Hall–Kier alpha value is -2.34. The number of piperidine rings is 1. The summed E-state index contributed by atoms with van der Waals surface area (Å²) in [5.74, 6) is -0.142. The molecule has 6 heteroatoms. The Morgan fingerprint density at radius 3 is 2.92 bits per heavy atom. The minimum absolute atomic E-state index is 0.0714. The highest BCUT2D eigenvalue weighted by Gasteiger charge is 2.31. The average molecular weight is 343 g/mol. The zero-order valence-electron chi connectivity index (χ0n) is 14.2. The van der Waals surface area contributed by atoms with Gasteiger partial charge in [-0.15, -0.1) is 0 Å². The number of ketones is 1. The van der Waals surface area contributed by atoms with Crippen molar-refractivity contribution in [2.45, 2.75) is 26.3 Å². The number of aromatic nitrogens is 2. The molecule has 1 N–H and O–H groups in total. The maximum atomic E-state index is 13.8. The zero-order valence-corrected chi connectivity index (χ0v) is 14.2. The summed E-state index contributed by atoms with van der Waals surface area (Å²) in [6.45, 7) is 3.98. The number of H-pyrrole nitrogens is 1. The van der Waals surface area contributed by atoms with Crippen LogP contribution in [0.2, 0.25) is 0 Å². The molecule has 1 aromatic carbocycles. The van der Waals surface area contributed by atoms with Gasteiger partial charge < -0.3 is 4.98 Å². The molecule has 132 valence electrons. The third-order valence-corrected chi connectivity index (χ3v) is 4.88. The molecule has 1 aliphatic heterocycles. The second-order valence-corrected chi connectivity index (χ2v) is 6.71. The molecule has 2 unspecified atom stereocenters. The largest absolute Gasteiger partial charge is 0.326 e. The van der Waals surface area contributed by atoms with Gasteiger partial charge in [0.15, 0.2) is 0 Å². The van der Waals surface area contributed by atoms with E-state index in [-0.39, 0.29) is 35.4 Å². The molecular formula is C19H22FN3O2. The summed E-state index contributed by atoms with van der Waals surface area (Å²) < 4.78 is 13.8. The number of Topliss-reactive ketones (excluding diaryl/α,β-unsaturated/α-hetero) is 1. The predicted octanol–water partition coefficient (Wildman–Crippen LogP) is 2.18. The van der Waals surface area contributed by atoms with E-state index in [4.69, 9.17) is 0 Å². The van der Waals surface area contributed by atoms with Gasteiger partial charge in [-0.05, 0) is 30.5 Å². The first-order valence-corrected chi connectivity index (χ1v) is 8.55. The number of halogens is 1. The lowest BCUT2D eigenvalue weighted by molar-refractivity contribution is -0.125. The molecule has 0 spiro atoms. The third-order valence-electron chi connectivity index (χ3n) is 4.88. The minimum Gasteiger partial charge on any atom is -0.326 e. The molecule has 25 heavy (non-hydrogen) atoms. The van der Waals surface area contributed by atoms with Crippen LogP contribution in [0, 0.1) is 17.7 Å². The number of likely N-dealkylation sites (tertiary alicyclic amines) is 1. The first-order valence-electron chi connectivity index (χ1n) is 8.55. The quantitative estimate of drug-likeness (QED) is 0.904. The maximum absolute atomic E-state index is 13.8. The van der Waals surface area contributed by atoms with Crippen LogP contribution in [0.5, 0.6) is 0 Å². The van der Waals surface area contributed by atoms with E-state index in [0.717, 1.165) is 19.5 Å². The first-order chi connectivity index (χ1) is 12.0. The lowest BCUT2D eigenvalue weighted by Crippen LogP contribution is -2.43. The van der Waals surface area contributed by atoms with Crippen molar-refractivity contribution < 1.29 is 9.18 Å². The van der Waals surface area contributed by atoms with Crippen LogP contribution in [0.1, 0.15) is 24.6 Å². The van der Waals surface area contributed by atoms with Crippen molar-refractivity contribution in [1.29, 1.82) is 0 Å². The van der Waals surface area contributed by atoms with Crippen LogP contribution in [0.15, 0.2) is 41.5 Å². The van der Waals surface area contributed by atoms with Gasteiger partial charge >= 0.3 is 0 Å². The smallest absolute Gasteiger partial charge is 0.270 e. The molecule has 1 aliphatic rings. The van der Waals surface area contributed by atoms with E-state index >= 15 is 0 Å². The highest BCUT2D eigenvalue weighted by atomic mass is 19.1. The number of rotatable bonds is 5. The van der Waals surface area contributed by atoms with Gasteiger partial charge in [0.1, 0.15) is 17.3 Å². The van der Waals surface area contributed by atoms with Crippen molar-refractivity contribution in [1.82, 2.24) is 14.9 Å². The van der Waals surface area contributed by atoms with Gasteiger partial charge in [0.25, 0.3) is 5.56 Å². The molecule has 1 fully saturated rings. The summed E-state index contributed by atoms with van der Waals surface area (Å²) in [5.41, 5.74) is 0.779. The summed E-state index contributed by atoms with van der Waals surface area (Å²) in [7, 11) is 0. The van der Waals surface area contributed by atoms with Crippen molar-refractivity contribution in [2.75, 3.05) is 13.1 Å². The van der Waals surface area contributed by atoms with E-state index < -0.39 is 0 Å². The number of aromatic amines is 1. The van der Waals surface area contributed by atoms with Crippen LogP contribution in [0.3, 0.4) is 0 Å². The Morgan fingerprint density at radius 1 is 1.40 bits per heavy atom. The molecule has 5 nitrogen and oxygen atoms in total. The molecule has 0 aliphatic carbocycles. The van der Waals surface area contributed by atoms with Crippen molar-refractivity contribution in [2.24, 2.45) is 11.8 Å². The first kappa shape index (κ1) is 17.5. The van der Waals surface area contributed by atoms with E-state index in [1.54, 1.807) is 24.4 Å². The standard InChI is InChI=1S/C19H22FN3O2/c1-13-11-23(12-17-19(25)22-8-7-21-17)9-6-15(13)18(24)10-14-4-2-3-5-16(14)20/h2-5,7-8,13,15H,6,9-12H2,1H3,(H,22,25). The van der Waals surface area contributed by atoms with Crippen LogP contribution in [-0.2, 0) is 17.8 Å². The van der Waals surface area contributed by atoms with E-state index in [9.17, 15) is 14.0 Å². The topological polar surface area (TPSA) is 66.1 Å². The lowest BCUT2D eigenvalue weighted by Gasteiger charge is -2.35. The maximum Gasteiger partial charge on any atom is 0.270 e. The van der Waals surface area contributed by atoms with Crippen LogP contribution in [-0.4, -0.2) is 33.7 Å². The fourth-order valence-electron chi connectivity index (χ4n) is 3.52. The molecule has 2 aromatic rings. The second-order valence-electron chi connectivity index (χ2n) is 6.71. The van der Waals surface area contributed by atoms with Crippen molar-refractivity contribution in [3.05, 3.63) is 64.1 Å². The van der Waals surface area contributed by atoms with E-state index in [2.05, 4.69) is 14.9 Å². The van der Waals surface area contributed by atoms with Gasteiger partial charge in [-0.3, -0.25) is 19.5 Å². The number of nitrogens with zero attached hydrogens (tertiary/aromatic N) is 2. The molecule has 2 atom stereocenters. The second kappa shape index (κ2) is 7.70. The van der Waals surface area contributed by atoms with Crippen LogP contribution < -0.4 is 5.56 Å². The van der Waals surface area contributed by atoms with Gasteiger partial charge in [-0.25, -0.2) is 4.39 Å². The molecule has 0 saturated carbocycles. The number of nitrogens with one attached hydrogen (secondary N) is 1. The number of carbonyl (C=O) groups is 1. The Bertz CT molecular complexity index is 805. The molecule has 0 radical (unpaired) electrons. The van der Waals surface area contributed by atoms with Crippen molar-refractivity contribution >= 4 is 5.78 Å². The number of hydrogen-bond donors (Lipinski definition) is 1. The molecule has 1 saturated heterocycles. The fourth-order valence-corrected chi connectivity index (χ4v) is 3.52. The molecule has 1 aromatic heterocycles. The average Bonchev–Trinajstić information content (AvgIpc) is 2.59. The van der Waals surface area contributed by atoms with Crippen LogP contribution in [0.25, 0.3) is 0 Å². The summed E-state index contributed by atoms with van der Waals surface area (Å²) in [4.78, 5) is 33.2. The molecule has 3 rings (SSSR count). The molecule has 0 amide bonds. The molecule has 2 heterocycles. The Kier molecular flexibility index (Phi) is 5.38.